The highest BCUT2D eigenvalue weighted by atomic mass is 32.2. The van der Waals surface area contributed by atoms with E-state index in [1.165, 1.54) is 28.0 Å². The molecular formula is C19H20N4O4S2. The molecule has 10 heteroatoms. The third kappa shape index (κ3) is 5.01. The summed E-state index contributed by atoms with van der Waals surface area (Å²) in [7, 11) is 1.66. The van der Waals surface area contributed by atoms with Gasteiger partial charge in [0.15, 0.2) is 11.3 Å². The molecule has 1 aliphatic heterocycles. The summed E-state index contributed by atoms with van der Waals surface area (Å²) < 4.78 is 5.52. The Hall–Kier alpha value is -2.72. The molecule has 1 aliphatic rings. The van der Waals surface area contributed by atoms with Crippen molar-refractivity contribution in [2.45, 2.75) is 32.8 Å². The van der Waals surface area contributed by atoms with Crippen LogP contribution in [-0.2, 0) is 16.0 Å². The van der Waals surface area contributed by atoms with Crippen molar-refractivity contribution in [2.75, 3.05) is 7.05 Å². The molecule has 0 radical (unpaired) electrons. The van der Waals surface area contributed by atoms with Crippen LogP contribution in [0.25, 0.3) is 6.08 Å². The molecule has 0 spiro atoms. The zero-order chi connectivity index (χ0) is 21.0. The monoisotopic (exact) mass is 432 g/mol. The fraction of sp³-hybridized carbons (Fsp3) is 0.316. The van der Waals surface area contributed by atoms with Crippen LogP contribution in [0.5, 0.6) is 5.75 Å². The Balaban J connectivity index is 1.80. The molecule has 0 saturated carbocycles. The van der Waals surface area contributed by atoms with E-state index in [-0.39, 0.29) is 5.91 Å². The van der Waals surface area contributed by atoms with E-state index in [0.717, 1.165) is 17.0 Å². The van der Waals surface area contributed by atoms with Gasteiger partial charge in [-0.25, -0.2) is 4.79 Å². The summed E-state index contributed by atoms with van der Waals surface area (Å²) >= 11 is 2.65. The number of aliphatic imine (C=N–C) groups is 1. The normalized spacial score (nSPS) is 17.9. The van der Waals surface area contributed by atoms with Gasteiger partial charge in [-0.2, -0.15) is 4.99 Å². The van der Waals surface area contributed by atoms with Crippen LogP contribution in [0.2, 0.25) is 0 Å². The Kier molecular flexibility index (Phi) is 6.65. The van der Waals surface area contributed by atoms with Gasteiger partial charge in [0.1, 0.15) is 10.8 Å². The first-order valence-corrected chi connectivity index (χ1v) is 10.6. The van der Waals surface area contributed by atoms with E-state index in [1.54, 1.807) is 38.2 Å². The van der Waals surface area contributed by atoms with Gasteiger partial charge in [0.25, 0.3) is 5.91 Å². The van der Waals surface area contributed by atoms with Gasteiger partial charge in [0.2, 0.25) is 5.13 Å². The van der Waals surface area contributed by atoms with Crippen molar-refractivity contribution < 1.29 is 19.4 Å². The second-order valence-electron chi connectivity index (χ2n) is 6.13. The largest absolute Gasteiger partial charge is 0.479 e. The predicted octanol–water partition coefficient (Wildman–Crippen LogP) is 3.58. The second-order valence-corrected chi connectivity index (χ2v) is 8.18. The summed E-state index contributed by atoms with van der Waals surface area (Å²) in [5, 5.41) is 19.2. The summed E-state index contributed by atoms with van der Waals surface area (Å²) in [6.45, 7) is 3.74. The standard InChI is InChI=1S/C19H20N4O4S2/c1-4-13(17(25)26)27-12-8-6-7-11(9-12)10-14-16(24)23(3)19(28-14)20-18-22-21-15(5-2)29-18/h6-10,13H,4-5H2,1-3H3,(H,25,26)/b14-10+,20-19+. The maximum Gasteiger partial charge on any atom is 0.344 e. The van der Waals surface area contributed by atoms with Crippen LogP contribution in [0.1, 0.15) is 30.8 Å². The first-order valence-electron chi connectivity index (χ1n) is 8.99. The number of carbonyl (C=O) groups is 2. The van der Waals surface area contributed by atoms with Crippen molar-refractivity contribution in [3.05, 3.63) is 39.7 Å². The van der Waals surface area contributed by atoms with E-state index in [9.17, 15) is 9.59 Å². The van der Waals surface area contributed by atoms with Gasteiger partial charge in [0.05, 0.1) is 4.91 Å². The topological polar surface area (TPSA) is 105 Å². The lowest BCUT2D eigenvalue weighted by molar-refractivity contribution is -0.145. The average Bonchev–Trinajstić information content (AvgIpc) is 3.26. The number of ether oxygens (including phenoxy) is 1. The number of nitrogens with zero attached hydrogens (tertiary/aromatic N) is 4. The number of amides is 1. The van der Waals surface area contributed by atoms with Gasteiger partial charge in [-0.15, -0.1) is 10.2 Å². The van der Waals surface area contributed by atoms with Crippen LogP contribution in [0.15, 0.2) is 34.2 Å². The number of carboxylic acids is 1. The predicted molar refractivity (Wildman–Crippen MR) is 114 cm³/mol. The molecule has 152 valence electrons. The quantitative estimate of drug-likeness (QED) is 0.667. The van der Waals surface area contributed by atoms with E-state index in [2.05, 4.69) is 15.2 Å². The number of hydrogen-bond acceptors (Lipinski definition) is 8. The molecule has 1 amide bonds. The summed E-state index contributed by atoms with van der Waals surface area (Å²) in [5.41, 5.74) is 0.734. The number of thioether (sulfide) groups is 1. The third-order valence-electron chi connectivity index (χ3n) is 4.03. The van der Waals surface area contributed by atoms with Gasteiger partial charge in [-0.3, -0.25) is 9.69 Å². The van der Waals surface area contributed by atoms with Crippen molar-refractivity contribution in [3.8, 4) is 5.75 Å². The zero-order valence-corrected chi connectivity index (χ0v) is 17.8. The molecule has 0 bridgehead atoms. The number of hydrogen-bond donors (Lipinski definition) is 1. The molecule has 2 aromatic rings. The minimum Gasteiger partial charge on any atom is -0.479 e. The third-order valence-corrected chi connectivity index (χ3v) is 6.06. The number of carbonyl (C=O) groups excluding carboxylic acids is 1. The molecule has 1 aromatic heterocycles. The van der Waals surface area contributed by atoms with Crippen LogP contribution in [0, 0.1) is 0 Å². The molecule has 1 aromatic carbocycles. The highest BCUT2D eigenvalue weighted by Gasteiger charge is 2.30. The summed E-state index contributed by atoms with van der Waals surface area (Å²) in [6, 6.07) is 6.98. The summed E-state index contributed by atoms with van der Waals surface area (Å²) in [6.07, 6.45) is 1.96. The number of aryl methyl sites for hydroxylation is 1. The molecule has 29 heavy (non-hydrogen) atoms. The van der Waals surface area contributed by atoms with Crippen LogP contribution in [-0.4, -0.2) is 50.4 Å². The average molecular weight is 433 g/mol. The SMILES string of the molecule is CCc1nnc(/N=C2/S/C(=C/c3cccc(OC(CC)C(=O)O)c3)C(=O)N2C)s1. The van der Waals surface area contributed by atoms with Gasteiger partial charge in [0, 0.05) is 7.05 Å². The molecule has 1 atom stereocenters. The minimum atomic E-state index is -1.01. The van der Waals surface area contributed by atoms with Crippen molar-refractivity contribution in [3.63, 3.8) is 0 Å². The lowest BCUT2D eigenvalue weighted by Crippen LogP contribution is -2.25. The number of aliphatic carboxylic acids is 1. The zero-order valence-electron chi connectivity index (χ0n) is 16.2. The van der Waals surface area contributed by atoms with Crippen LogP contribution >= 0.6 is 23.1 Å². The van der Waals surface area contributed by atoms with Crippen molar-refractivity contribution in [2.24, 2.45) is 4.99 Å². The number of likely N-dealkylation sites (N-methyl/N-ethyl adjacent to an activating group) is 1. The van der Waals surface area contributed by atoms with Gasteiger partial charge in [-0.1, -0.05) is 37.3 Å². The van der Waals surface area contributed by atoms with Crippen LogP contribution < -0.4 is 4.74 Å². The molecular weight excluding hydrogens is 412 g/mol. The smallest absolute Gasteiger partial charge is 0.344 e. The Morgan fingerprint density at radius 1 is 1.38 bits per heavy atom. The Morgan fingerprint density at radius 3 is 2.83 bits per heavy atom. The number of aromatic nitrogens is 2. The highest BCUT2D eigenvalue weighted by Crippen LogP contribution is 2.34. The summed E-state index contributed by atoms with van der Waals surface area (Å²) in [5.74, 6) is -0.743. The fourth-order valence-corrected chi connectivity index (χ4v) is 4.14. The number of benzene rings is 1. The Bertz CT molecular complexity index is 986. The molecule has 1 N–H and O–H groups in total. The second kappa shape index (κ2) is 9.19. The lowest BCUT2D eigenvalue weighted by atomic mass is 10.2. The first-order chi connectivity index (χ1) is 13.9. The number of amidine groups is 1. The van der Waals surface area contributed by atoms with E-state index >= 15 is 0 Å². The molecule has 0 aliphatic carbocycles. The van der Waals surface area contributed by atoms with Gasteiger partial charge >= 0.3 is 5.97 Å². The number of rotatable bonds is 7. The molecule has 2 heterocycles. The van der Waals surface area contributed by atoms with E-state index in [4.69, 9.17) is 9.84 Å². The van der Waals surface area contributed by atoms with Crippen LogP contribution in [0.3, 0.4) is 0 Å². The van der Waals surface area contributed by atoms with Crippen molar-refractivity contribution in [1.82, 2.24) is 15.1 Å². The fourth-order valence-electron chi connectivity index (χ4n) is 2.47. The maximum absolute atomic E-state index is 12.6. The van der Waals surface area contributed by atoms with Gasteiger partial charge in [-0.05, 0) is 48.4 Å². The number of carboxylic acid groups (broad SMARTS) is 1. The van der Waals surface area contributed by atoms with Crippen molar-refractivity contribution >= 4 is 51.4 Å². The molecule has 1 fully saturated rings. The minimum absolute atomic E-state index is 0.169. The maximum atomic E-state index is 12.6. The Morgan fingerprint density at radius 2 is 2.17 bits per heavy atom. The lowest BCUT2D eigenvalue weighted by Gasteiger charge is -2.13. The van der Waals surface area contributed by atoms with Gasteiger partial charge < -0.3 is 9.84 Å². The van der Waals surface area contributed by atoms with E-state index < -0.39 is 12.1 Å². The highest BCUT2D eigenvalue weighted by molar-refractivity contribution is 8.18. The first kappa shape index (κ1) is 21.0. The summed E-state index contributed by atoms with van der Waals surface area (Å²) in [4.78, 5) is 30.2. The van der Waals surface area contributed by atoms with Crippen LogP contribution in [0.4, 0.5) is 5.13 Å². The molecule has 1 saturated heterocycles. The van der Waals surface area contributed by atoms with E-state index in [0.29, 0.717) is 27.4 Å². The molecule has 8 nitrogen and oxygen atoms in total. The molecule has 1 unspecified atom stereocenters. The van der Waals surface area contributed by atoms with Crippen molar-refractivity contribution in [1.29, 1.82) is 0 Å². The Labute approximate surface area is 176 Å². The van der Waals surface area contributed by atoms with E-state index in [1.807, 2.05) is 13.0 Å². The molecule has 3 rings (SSSR count).